The molecule has 3 aliphatic heterocycles. The van der Waals surface area contributed by atoms with Crippen LogP contribution in [0.2, 0.25) is 5.02 Å². The maximum Gasteiger partial charge on any atom is 0.337 e. The molecule has 44 heavy (non-hydrogen) atoms. The van der Waals surface area contributed by atoms with Crippen LogP contribution in [-0.4, -0.2) is 72.5 Å². The zero-order valence-corrected chi connectivity index (χ0v) is 25.4. The minimum Gasteiger partial charge on any atom is -0.485 e. The predicted molar refractivity (Wildman–Crippen MR) is 164 cm³/mol. The average Bonchev–Trinajstić information content (AvgIpc) is 3.34. The molecule has 1 aromatic heterocycles. The molecule has 0 N–H and O–H groups in total. The number of anilines is 1. The molecule has 3 aromatic carbocycles. The van der Waals surface area contributed by atoms with Crippen LogP contribution in [0.5, 0.6) is 11.5 Å². The van der Waals surface area contributed by atoms with Gasteiger partial charge in [0, 0.05) is 42.9 Å². The monoisotopic (exact) mass is 620 g/mol. The average molecular weight is 621 g/mol. The normalized spacial score (nSPS) is 21.7. The van der Waals surface area contributed by atoms with Gasteiger partial charge in [0.2, 0.25) is 0 Å². The number of rotatable bonds is 7. The molecule has 11 heteroatoms. The summed E-state index contributed by atoms with van der Waals surface area (Å²) in [5, 5.41) is 0.341. The molecule has 3 aliphatic rings. The first-order valence-electron chi connectivity index (χ1n) is 14.9. The minimum atomic E-state index is -0.577. The van der Waals surface area contributed by atoms with Gasteiger partial charge in [-0.3, -0.25) is 4.90 Å². The minimum absolute atomic E-state index is 0.138. The van der Waals surface area contributed by atoms with Crippen LogP contribution in [0.25, 0.3) is 11.0 Å². The second-order valence-electron chi connectivity index (χ2n) is 11.6. The zero-order valence-electron chi connectivity index (χ0n) is 24.7. The summed E-state index contributed by atoms with van der Waals surface area (Å²) in [6.45, 7) is 6.88. The topological polar surface area (TPSA) is 78.3 Å². The SMILES string of the molecule is COC(=O)c1ccc2nc(CN3CCN(c4cccc5c4OC(c4ccc(Cl)cc4F)CO5)C[C@@H]3C)n(C[C@@H]3CCO3)c2c1. The third-order valence-electron chi connectivity index (χ3n) is 8.80. The van der Waals surface area contributed by atoms with E-state index in [0.717, 1.165) is 55.2 Å². The number of methoxy groups -OCH3 is 1. The Morgan fingerprint density at radius 1 is 1.16 bits per heavy atom. The Bertz CT molecular complexity index is 1710. The van der Waals surface area contributed by atoms with Crippen molar-refractivity contribution in [3.05, 3.63) is 82.4 Å². The van der Waals surface area contributed by atoms with Crippen LogP contribution in [0.4, 0.5) is 10.1 Å². The van der Waals surface area contributed by atoms with Crippen molar-refractivity contribution in [3.8, 4) is 11.5 Å². The number of hydrogen-bond acceptors (Lipinski definition) is 8. The highest BCUT2D eigenvalue weighted by Gasteiger charge is 2.32. The highest BCUT2D eigenvalue weighted by atomic mass is 35.5. The van der Waals surface area contributed by atoms with E-state index < -0.39 is 11.9 Å². The molecule has 0 radical (unpaired) electrons. The van der Waals surface area contributed by atoms with E-state index in [0.29, 0.717) is 40.7 Å². The molecule has 3 atom stereocenters. The number of aromatic nitrogens is 2. The number of imidazole rings is 1. The van der Waals surface area contributed by atoms with E-state index in [-0.39, 0.29) is 24.7 Å². The van der Waals surface area contributed by atoms with Gasteiger partial charge < -0.3 is 28.4 Å². The van der Waals surface area contributed by atoms with Gasteiger partial charge in [0.25, 0.3) is 0 Å². The Labute approximate surface area is 260 Å². The highest BCUT2D eigenvalue weighted by molar-refractivity contribution is 6.30. The largest absolute Gasteiger partial charge is 0.485 e. The number of carbonyl (C=O) groups is 1. The molecule has 9 nitrogen and oxygen atoms in total. The molecule has 0 saturated carbocycles. The molecular formula is C33H34ClFN4O5. The van der Waals surface area contributed by atoms with Crippen LogP contribution in [0.15, 0.2) is 54.6 Å². The van der Waals surface area contributed by atoms with Gasteiger partial charge in [-0.1, -0.05) is 23.7 Å². The van der Waals surface area contributed by atoms with Crippen LogP contribution >= 0.6 is 11.6 Å². The lowest BCUT2D eigenvalue weighted by molar-refractivity contribution is -0.0592. The number of carbonyl (C=O) groups excluding carboxylic acids is 1. The van der Waals surface area contributed by atoms with Crippen molar-refractivity contribution in [1.82, 2.24) is 14.5 Å². The molecule has 2 fully saturated rings. The molecular weight excluding hydrogens is 587 g/mol. The maximum atomic E-state index is 14.7. The van der Waals surface area contributed by atoms with E-state index in [1.165, 1.54) is 13.2 Å². The number of halogens is 2. The summed E-state index contributed by atoms with van der Waals surface area (Å²) in [5.41, 5.74) is 3.60. The van der Waals surface area contributed by atoms with Gasteiger partial charge in [-0.25, -0.2) is 14.2 Å². The van der Waals surface area contributed by atoms with Gasteiger partial charge in [-0.05, 0) is 55.8 Å². The first-order chi connectivity index (χ1) is 21.4. The Balaban J connectivity index is 1.10. The number of hydrogen-bond donors (Lipinski definition) is 0. The fraction of sp³-hybridized carbons (Fsp3) is 0.394. The third kappa shape index (κ3) is 5.46. The molecule has 0 bridgehead atoms. The zero-order chi connectivity index (χ0) is 30.4. The second kappa shape index (κ2) is 11.9. The lowest BCUT2D eigenvalue weighted by atomic mass is 10.1. The van der Waals surface area contributed by atoms with Crippen molar-refractivity contribution in [2.75, 3.05) is 44.9 Å². The van der Waals surface area contributed by atoms with Gasteiger partial charge >= 0.3 is 5.97 Å². The molecule has 230 valence electrons. The molecule has 0 amide bonds. The fourth-order valence-electron chi connectivity index (χ4n) is 6.25. The van der Waals surface area contributed by atoms with Crippen LogP contribution in [0.3, 0.4) is 0 Å². The molecule has 4 heterocycles. The second-order valence-corrected chi connectivity index (χ2v) is 12.0. The Hall–Kier alpha value is -3.86. The summed E-state index contributed by atoms with van der Waals surface area (Å²) in [6, 6.07) is 16.2. The van der Waals surface area contributed by atoms with Crippen LogP contribution in [0.1, 0.15) is 41.2 Å². The number of benzene rings is 3. The first-order valence-corrected chi connectivity index (χ1v) is 15.3. The Kier molecular flexibility index (Phi) is 7.82. The van der Waals surface area contributed by atoms with Crippen LogP contribution < -0.4 is 14.4 Å². The van der Waals surface area contributed by atoms with Crippen LogP contribution in [-0.2, 0) is 22.6 Å². The fourth-order valence-corrected chi connectivity index (χ4v) is 6.41. The maximum absolute atomic E-state index is 14.7. The van der Waals surface area contributed by atoms with Crippen molar-refractivity contribution in [3.63, 3.8) is 0 Å². The number of esters is 1. The van der Waals surface area contributed by atoms with Crippen molar-refractivity contribution < 1.29 is 28.1 Å². The van der Waals surface area contributed by atoms with E-state index in [9.17, 15) is 9.18 Å². The molecule has 4 aromatic rings. The standard InChI is InChI=1S/C33H34ClFN4O5/c1-20-16-38(27-4-3-5-29-32(27)44-30(19-43-29)24-8-7-22(34)15-25(24)35)12-11-37(20)18-31-36-26-9-6-21(33(40)41-2)14-28(26)39(31)17-23-10-13-42-23/h3-9,14-15,20,23,30H,10-13,16-19H2,1-2H3/t20-,23-,30?/m0/s1. The molecule has 7 rings (SSSR count). The molecule has 2 saturated heterocycles. The third-order valence-corrected chi connectivity index (χ3v) is 9.03. The van der Waals surface area contributed by atoms with Gasteiger partial charge in [-0.2, -0.15) is 0 Å². The van der Waals surface area contributed by atoms with Gasteiger partial charge in [-0.15, -0.1) is 0 Å². The Morgan fingerprint density at radius 2 is 2.02 bits per heavy atom. The van der Waals surface area contributed by atoms with E-state index in [1.807, 2.05) is 30.3 Å². The van der Waals surface area contributed by atoms with Crippen molar-refractivity contribution in [2.24, 2.45) is 0 Å². The quantitative estimate of drug-likeness (QED) is 0.246. The van der Waals surface area contributed by atoms with Crippen molar-refractivity contribution in [2.45, 2.75) is 44.7 Å². The predicted octanol–water partition coefficient (Wildman–Crippen LogP) is 5.63. The molecule has 0 aliphatic carbocycles. The van der Waals surface area contributed by atoms with Crippen molar-refractivity contribution in [1.29, 1.82) is 0 Å². The van der Waals surface area contributed by atoms with Gasteiger partial charge in [0.05, 0.1) is 48.6 Å². The Morgan fingerprint density at radius 3 is 2.77 bits per heavy atom. The lowest BCUT2D eigenvalue weighted by Gasteiger charge is -2.42. The number of fused-ring (bicyclic) bond motifs is 2. The van der Waals surface area contributed by atoms with Gasteiger partial charge in [0.1, 0.15) is 18.2 Å². The molecule has 0 spiro atoms. The number of ether oxygens (including phenoxy) is 4. The number of para-hydroxylation sites is 1. The smallest absolute Gasteiger partial charge is 0.337 e. The first kappa shape index (κ1) is 28.9. The summed E-state index contributed by atoms with van der Waals surface area (Å²) >= 11 is 5.97. The highest BCUT2D eigenvalue weighted by Crippen LogP contribution is 2.44. The van der Waals surface area contributed by atoms with E-state index in [1.54, 1.807) is 18.2 Å². The van der Waals surface area contributed by atoms with Gasteiger partial charge in [0.15, 0.2) is 17.6 Å². The van der Waals surface area contributed by atoms with E-state index >= 15 is 0 Å². The van der Waals surface area contributed by atoms with Crippen LogP contribution in [0, 0.1) is 5.82 Å². The number of piperazine rings is 1. The van der Waals surface area contributed by atoms with E-state index in [2.05, 4.69) is 21.3 Å². The molecule has 1 unspecified atom stereocenters. The van der Waals surface area contributed by atoms with E-state index in [4.69, 9.17) is 35.5 Å². The van der Waals surface area contributed by atoms with Crippen molar-refractivity contribution >= 4 is 34.3 Å². The summed E-state index contributed by atoms with van der Waals surface area (Å²) in [4.78, 5) is 22.0. The summed E-state index contributed by atoms with van der Waals surface area (Å²) in [6.07, 6.45) is 0.564. The lowest BCUT2D eigenvalue weighted by Crippen LogP contribution is -2.52. The summed E-state index contributed by atoms with van der Waals surface area (Å²) < 4.78 is 40.1. The number of nitrogens with zero attached hydrogens (tertiary/aromatic N) is 4. The summed E-state index contributed by atoms with van der Waals surface area (Å²) in [7, 11) is 1.39. The summed E-state index contributed by atoms with van der Waals surface area (Å²) in [5.74, 6) is 1.45.